The number of imidazole rings is 1. The van der Waals surface area contributed by atoms with E-state index in [2.05, 4.69) is 9.97 Å². The van der Waals surface area contributed by atoms with Gasteiger partial charge in [-0.25, -0.2) is 4.98 Å². The van der Waals surface area contributed by atoms with Gasteiger partial charge >= 0.3 is 0 Å². The molecule has 0 aromatic carbocycles. The van der Waals surface area contributed by atoms with Crippen molar-refractivity contribution in [2.45, 2.75) is 19.4 Å². The zero-order chi connectivity index (χ0) is 9.26. The van der Waals surface area contributed by atoms with Gasteiger partial charge in [-0.1, -0.05) is 0 Å². The molecule has 1 atom stereocenters. The molecule has 13 heavy (non-hydrogen) atoms. The average Bonchev–Trinajstić information content (AvgIpc) is 2.48. The quantitative estimate of drug-likeness (QED) is 0.729. The summed E-state index contributed by atoms with van der Waals surface area (Å²) in [6.45, 7) is 1.99. The Bertz CT molecular complexity index is 405. The number of aromatic nitrogens is 3. The third-order valence-corrected chi connectivity index (χ3v) is 1.93. The molecule has 2 N–H and O–H groups in total. The van der Waals surface area contributed by atoms with E-state index in [4.69, 9.17) is 5.73 Å². The zero-order valence-electron chi connectivity index (χ0n) is 7.51. The first-order valence-corrected chi connectivity index (χ1v) is 4.29. The van der Waals surface area contributed by atoms with E-state index >= 15 is 0 Å². The normalized spacial score (nSPS) is 13.4. The maximum atomic E-state index is 5.72. The molecule has 2 aromatic rings. The average molecular weight is 176 g/mol. The van der Waals surface area contributed by atoms with Crippen molar-refractivity contribution in [2.75, 3.05) is 0 Å². The molecule has 4 heteroatoms. The van der Waals surface area contributed by atoms with Crippen LogP contribution in [0.3, 0.4) is 0 Å². The van der Waals surface area contributed by atoms with Crippen LogP contribution in [0.25, 0.3) is 5.65 Å². The number of nitrogens with two attached hydrogens (primary N) is 1. The van der Waals surface area contributed by atoms with Gasteiger partial charge in [0.15, 0.2) is 5.65 Å². The Morgan fingerprint density at radius 1 is 1.54 bits per heavy atom. The van der Waals surface area contributed by atoms with Crippen LogP contribution in [0.1, 0.15) is 12.6 Å². The Morgan fingerprint density at radius 3 is 3.15 bits per heavy atom. The van der Waals surface area contributed by atoms with Crippen molar-refractivity contribution in [3.05, 3.63) is 30.5 Å². The van der Waals surface area contributed by atoms with Crippen LogP contribution in [-0.4, -0.2) is 20.4 Å². The molecule has 4 nitrogen and oxygen atoms in total. The van der Waals surface area contributed by atoms with Crippen LogP contribution < -0.4 is 5.73 Å². The summed E-state index contributed by atoms with van der Waals surface area (Å²) in [5.41, 5.74) is 7.72. The lowest BCUT2D eigenvalue weighted by molar-refractivity contribution is 0.716. The molecule has 0 radical (unpaired) electrons. The van der Waals surface area contributed by atoms with E-state index in [9.17, 15) is 0 Å². The van der Waals surface area contributed by atoms with Crippen molar-refractivity contribution in [1.82, 2.24) is 14.4 Å². The highest BCUT2D eigenvalue weighted by Gasteiger charge is 2.04. The van der Waals surface area contributed by atoms with Crippen LogP contribution in [0.15, 0.2) is 24.8 Å². The lowest BCUT2D eigenvalue weighted by atomic mass is 10.2. The van der Waals surface area contributed by atoms with E-state index in [1.807, 2.05) is 23.7 Å². The van der Waals surface area contributed by atoms with Gasteiger partial charge in [-0.2, -0.15) is 0 Å². The molecule has 0 fully saturated rings. The standard InChI is InChI=1S/C9H12N4/c1-7(10)4-8-5-12-9-6-11-2-3-13(8)9/h2-3,5-7H,4,10H2,1H3/t7-/m0/s1. The molecule has 0 saturated carbocycles. The van der Waals surface area contributed by atoms with Gasteiger partial charge in [0.2, 0.25) is 0 Å². The zero-order valence-corrected chi connectivity index (χ0v) is 7.51. The maximum absolute atomic E-state index is 5.72. The monoisotopic (exact) mass is 176 g/mol. The van der Waals surface area contributed by atoms with Crippen LogP contribution >= 0.6 is 0 Å². The molecule has 0 spiro atoms. The second-order valence-electron chi connectivity index (χ2n) is 3.24. The van der Waals surface area contributed by atoms with Crippen LogP contribution in [0.4, 0.5) is 0 Å². The third kappa shape index (κ3) is 1.53. The van der Waals surface area contributed by atoms with Crippen LogP contribution in [0.2, 0.25) is 0 Å². The highest BCUT2D eigenvalue weighted by atomic mass is 15.0. The second kappa shape index (κ2) is 3.14. The van der Waals surface area contributed by atoms with Gasteiger partial charge in [0.25, 0.3) is 0 Å². The molecular formula is C9H12N4. The molecule has 68 valence electrons. The fourth-order valence-corrected chi connectivity index (χ4v) is 1.38. The second-order valence-corrected chi connectivity index (χ2v) is 3.24. The summed E-state index contributed by atoms with van der Waals surface area (Å²) < 4.78 is 2.01. The van der Waals surface area contributed by atoms with Crippen molar-refractivity contribution in [3.8, 4) is 0 Å². The van der Waals surface area contributed by atoms with Crippen molar-refractivity contribution < 1.29 is 0 Å². The van der Waals surface area contributed by atoms with Gasteiger partial charge in [-0.3, -0.25) is 4.98 Å². The van der Waals surface area contributed by atoms with Crippen molar-refractivity contribution in [2.24, 2.45) is 5.73 Å². The fraction of sp³-hybridized carbons (Fsp3) is 0.333. The Labute approximate surface area is 76.4 Å². The largest absolute Gasteiger partial charge is 0.328 e. The molecule has 2 rings (SSSR count). The van der Waals surface area contributed by atoms with E-state index in [-0.39, 0.29) is 6.04 Å². The third-order valence-electron chi connectivity index (χ3n) is 1.93. The molecule has 0 saturated heterocycles. The highest BCUT2D eigenvalue weighted by molar-refractivity contribution is 5.36. The van der Waals surface area contributed by atoms with Crippen LogP contribution in [0.5, 0.6) is 0 Å². The van der Waals surface area contributed by atoms with E-state index in [0.29, 0.717) is 0 Å². The maximum Gasteiger partial charge on any atom is 0.155 e. The van der Waals surface area contributed by atoms with Crippen LogP contribution in [-0.2, 0) is 6.42 Å². The highest BCUT2D eigenvalue weighted by Crippen LogP contribution is 2.06. The number of hydrogen-bond donors (Lipinski definition) is 1. The molecule has 0 aliphatic heterocycles. The number of rotatable bonds is 2. The Kier molecular flexibility index (Phi) is 1.98. The molecule has 0 aliphatic carbocycles. The number of hydrogen-bond acceptors (Lipinski definition) is 3. The van der Waals surface area contributed by atoms with E-state index in [0.717, 1.165) is 17.8 Å². The first-order valence-electron chi connectivity index (χ1n) is 4.29. The van der Waals surface area contributed by atoms with E-state index in [1.54, 1.807) is 12.4 Å². The topological polar surface area (TPSA) is 56.2 Å². The molecule has 2 aromatic heterocycles. The van der Waals surface area contributed by atoms with Crippen molar-refractivity contribution in [3.63, 3.8) is 0 Å². The summed E-state index contributed by atoms with van der Waals surface area (Å²) in [6.07, 6.45) is 8.08. The Balaban J connectivity index is 2.46. The lowest BCUT2D eigenvalue weighted by Crippen LogP contribution is -2.18. The Morgan fingerprint density at radius 2 is 2.38 bits per heavy atom. The first kappa shape index (κ1) is 8.19. The van der Waals surface area contributed by atoms with E-state index in [1.165, 1.54) is 0 Å². The summed E-state index contributed by atoms with van der Waals surface area (Å²) in [7, 11) is 0. The predicted octanol–water partition coefficient (Wildman–Crippen LogP) is 0.619. The smallest absolute Gasteiger partial charge is 0.155 e. The Hall–Kier alpha value is -1.42. The number of nitrogens with zero attached hydrogens (tertiary/aromatic N) is 3. The summed E-state index contributed by atoms with van der Waals surface area (Å²) in [6, 6.07) is 0.160. The van der Waals surface area contributed by atoms with Gasteiger partial charge in [-0.05, 0) is 6.92 Å². The van der Waals surface area contributed by atoms with Gasteiger partial charge in [-0.15, -0.1) is 0 Å². The summed E-state index contributed by atoms with van der Waals surface area (Å²) in [4.78, 5) is 8.21. The SMILES string of the molecule is C[C@H](N)Cc1cnc2cnccn12. The molecule has 0 amide bonds. The van der Waals surface area contributed by atoms with E-state index < -0.39 is 0 Å². The van der Waals surface area contributed by atoms with Crippen LogP contribution in [0, 0.1) is 0 Å². The summed E-state index contributed by atoms with van der Waals surface area (Å²) >= 11 is 0. The first-order chi connectivity index (χ1) is 6.27. The molecule has 0 aliphatic rings. The summed E-state index contributed by atoms with van der Waals surface area (Å²) in [5, 5.41) is 0. The van der Waals surface area contributed by atoms with Gasteiger partial charge < -0.3 is 10.1 Å². The predicted molar refractivity (Wildman–Crippen MR) is 50.3 cm³/mol. The lowest BCUT2D eigenvalue weighted by Gasteiger charge is -2.03. The summed E-state index contributed by atoms with van der Waals surface area (Å²) in [5.74, 6) is 0. The van der Waals surface area contributed by atoms with Crippen molar-refractivity contribution >= 4 is 5.65 Å². The minimum atomic E-state index is 0.160. The fourth-order valence-electron chi connectivity index (χ4n) is 1.38. The molecule has 2 heterocycles. The molecular weight excluding hydrogens is 164 g/mol. The molecule has 0 bridgehead atoms. The van der Waals surface area contributed by atoms with Gasteiger partial charge in [0.05, 0.1) is 6.20 Å². The number of fused-ring (bicyclic) bond motifs is 1. The van der Waals surface area contributed by atoms with Gasteiger partial charge in [0.1, 0.15) is 0 Å². The molecule has 0 unspecified atom stereocenters. The minimum absolute atomic E-state index is 0.160. The van der Waals surface area contributed by atoms with Gasteiger partial charge in [0, 0.05) is 36.7 Å². The minimum Gasteiger partial charge on any atom is -0.328 e. The van der Waals surface area contributed by atoms with Crippen molar-refractivity contribution in [1.29, 1.82) is 0 Å².